The van der Waals surface area contributed by atoms with Crippen LogP contribution in [0.25, 0.3) is 0 Å². The Balaban J connectivity index is 1.85. The summed E-state index contributed by atoms with van der Waals surface area (Å²) in [4.78, 5) is 11.4. The van der Waals surface area contributed by atoms with E-state index in [9.17, 15) is 4.79 Å². The topological polar surface area (TPSA) is 47.6 Å². The molecule has 0 spiro atoms. The van der Waals surface area contributed by atoms with Crippen molar-refractivity contribution in [1.82, 2.24) is 5.32 Å². The first-order chi connectivity index (χ1) is 9.76. The van der Waals surface area contributed by atoms with Crippen LogP contribution in [-0.4, -0.2) is 25.7 Å². The van der Waals surface area contributed by atoms with E-state index < -0.39 is 0 Å². The molecular weight excluding hydrogens is 254 g/mol. The zero-order valence-electron chi connectivity index (χ0n) is 11.9. The van der Waals surface area contributed by atoms with Gasteiger partial charge in [-0.15, -0.1) is 0 Å². The Bertz CT molecular complexity index is 494. The van der Waals surface area contributed by atoms with E-state index in [0.717, 1.165) is 29.9 Å². The van der Waals surface area contributed by atoms with Crippen molar-refractivity contribution in [2.24, 2.45) is 0 Å². The number of carbonyl (C=O) groups excluding carboxylic acids is 1. The van der Waals surface area contributed by atoms with E-state index in [1.54, 1.807) is 7.11 Å². The molecule has 1 aliphatic carbocycles. The molecule has 108 valence electrons. The van der Waals surface area contributed by atoms with Crippen LogP contribution in [0.15, 0.2) is 18.2 Å². The number of rotatable bonds is 4. The Morgan fingerprint density at radius 1 is 1.25 bits per heavy atom. The summed E-state index contributed by atoms with van der Waals surface area (Å²) in [7, 11) is 1.66. The van der Waals surface area contributed by atoms with Crippen molar-refractivity contribution < 1.29 is 14.3 Å². The Morgan fingerprint density at radius 3 is 2.70 bits per heavy atom. The second-order valence-corrected chi connectivity index (χ2v) is 5.63. The van der Waals surface area contributed by atoms with Crippen molar-refractivity contribution >= 4 is 5.91 Å². The number of nitrogens with one attached hydrogen (secondary N) is 1. The average molecular weight is 275 g/mol. The molecule has 0 bridgehead atoms. The number of ether oxygens (including phenoxy) is 2. The van der Waals surface area contributed by atoms with Crippen LogP contribution in [0.5, 0.6) is 11.5 Å². The highest BCUT2D eigenvalue weighted by atomic mass is 16.5. The lowest BCUT2D eigenvalue weighted by Crippen LogP contribution is -2.15. The fourth-order valence-corrected chi connectivity index (χ4v) is 3.09. The SMILES string of the molecule is COc1ccc(C2CNC(=O)C2)c(OC2CCCC2)c1. The third-order valence-corrected chi connectivity index (χ3v) is 4.23. The summed E-state index contributed by atoms with van der Waals surface area (Å²) in [6.45, 7) is 0.701. The molecule has 3 rings (SSSR count). The molecule has 1 aromatic carbocycles. The van der Waals surface area contributed by atoms with Gasteiger partial charge in [0, 0.05) is 24.9 Å². The van der Waals surface area contributed by atoms with Crippen LogP contribution in [0.3, 0.4) is 0 Å². The highest BCUT2D eigenvalue weighted by molar-refractivity contribution is 5.79. The summed E-state index contributed by atoms with van der Waals surface area (Å²) in [5.41, 5.74) is 1.12. The number of methoxy groups -OCH3 is 1. The van der Waals surface area contributed by atoms with Crippen LogP contribution < -0.4 is 14.8 Å². The highest BCUT2D eigenvalue weighted by Crippen LogP contribution is 2.36. The zero-order chi connectivity index (χ0) is 13.9. The van der Waals surface area contributed by atoms with E-state index in [4.69, 9.17) is 9.47 Å². The molecular formula is C16H21NO3. The molecule has 1 aromatic rings. The number of amides is 1. The molecule has 1 amide bonds. The van der Waals surface area contributed by atoms with Crippen LogP contribution in [0.2, 0.25) is 0 Å². The van der Waals surface area contributed by atoms with Gasteiger partial charge in [0.25, 0.3) is 0 Å². The molecule has 1 atom stereocenters. The van der Waals surface area contributed by atoms with Gasteiger partial charge in [-0.3, -0.25) is 4.79 Å². The first-order valence-electron chi connectivity index (χ1n) is 7.37. The van der Waals surface area contributed by atoms with Gasteiger partial charge in [-0.1, -0.05) is 6.07 Å². The van der Waals surface area contributed by atoms with E-state index >= 15 is 0 Å². The van der Waals surface area contributed by atoms with E-state index in [2.05, 4.69) is 5.32 Å². The standard InChI is InChI=1S/C16H21NO3/c1-19-13-6-7-14(11-8-16(18)17-10-11)15(9-13)20-12-4-2-3-5-12/h6-7,9,11-12H,2-5,8,10H2,1H3,(H,17,18). The highest BCUT2D eigenvalue weighted by Gasteiger charge is 2.27. The molecule has 1 N–H and O–H groups in total. The first-order valence-corrected chi connectivity index (χ1v) is 7.37. The fraction of sp³-hybridized carbons (Fsp3) is 0.562. The van der Waals surface area contributed by atoms with E-state index in [1.165, 1.54) is 12.8 Å². The molecule has 4 heteroatoms. The molecule has 1 saturated heterocycles. The molecule has 1 heterocycles. The first kappa shape index (κ1) is 13.3. The van der Waals surface area contributed by atoms with E-state index in [1.807, 2.05) is 18.2 Å². The predicted molar refractivity (Wildman–Crippen MR) is 76.2 cm³/mol. The lowest BCUT2D eigenvalue weighted by molar-refractivity contribution is -0.119. The Morgan fingerprint density at radius 2 is 2.05 bits per heavy atom. The van der Waals surface area contributed by atoms with Gasteiger partial charge >= 0.3 is 0 Å². The largest absolute Gasteiger partial charge is 0.497 e. The minimum atomic E-state index is 0.123. The lowest BCUT2D eigenvalue weighted by Gasteiger charge is -2.19. The van der Waals surface area contributed by atoms with Gasteiger partial charge in [0.2, 0.25) is 5.91 Å². The second kappa shape index (κ2) is 5.73. The Labute approximate surface area is 119 Å². The summed E-state index contributed by atoms with van der Waals surface area (Å²) in [5.74, 6) is 2.03. The summed E-state index contributed by atoms with van der Waals surface area (Å²) >= 11 is 0. The molecule has 2 aliphatic rings. The quantitative estimate of drug-likeness (QED) is 0.919. The number of hydrogen-bond acceptors (Lipinski definition) is 3. The maximum atomic E-state index is 11.4. The molecule has 20 heavy (non-hydrogen) atoms. The number of hydrogen-bond donors (Lipinski definition) is 1. The van der Waals surface area contributed by atoms with Gasteiger partial charge < -0.3 is 14.8 Å². The van der Waals surface area contributed by atoms with Crippen LogP contribution in [0.1, 0.15) is 43.6 Å². The molecule has 1 unspecified atom stereocenters. The smallest absolute Gasteiger partial charge is 0.220 e. The Hall–Kier alpha value is -1.71. The third kappa shape index (κ3) is 2.74. The minimum absolute atomic E-state index is 0.123. The van der Waals surface area contributed by atoms with E-state index in [0.29, 0.717) is 19.1 Å². The summed E-state index contributed by atoms with van der Waals surface area (Å²) in [6.07, 6.45) is 5.59. The monoisotopic (exact) mass is 275 g/mol. The zero-order valence-corrected chi connectivity index (χ0v) is 11.9. The van der Waals surface area contributed by atoms with E-state index in [-0.39, 0.29) is 11.8 Å². The van der Waals surface area contributed by atoms with Gasteiger partial charge in [-0.05, 0) is 37.3 Å². The molecule has 0 radical (unpaired) electrons. The van der Waals surface area contributed by atoms with Crippen LogP contribution >= 0.6 is 0 Å². The van der Waals surface area contributed by atoms with Crippen LogP contribution in [0.4, 0.5) is 0 Å². The van der Waals surface area contributed by atoms with Gasteiger partial charge in [0.1, 0.15) is 11.5 Å². The maximum Gasteiger partial charge on any atom is 0.220 e. The van der Waals surface area contributed by atoms with Crippen LogP contribution in [0, 0.1) is 0 Å². The summed E-state index contributed by atoms with van der Waals surface area (Å²) < 4.78 is 11.5. The average Bonchev–Trinajstić information content (AvgIpc) is 3.10. The molecule has 1 saturated carbocycles. The molecule has 2 fully saturated rings. The van der Waals surface area contributed by atoms with Crippen LogP contribution in [-0.2, 0) is 4.79 Å². The third-order valence-electron chi connectivity index (χ3n) is 4.23. The summed E-state index contributed by atoms with van der Waals surface area (Å²) in [6, 6.07) is 5.93. The van der Waals surface area contributed by atoms with Crippen molar-refractivity contribution in [2.75, 3.05) is 13.7 Å². The fourth-order valence-electron chi connectivity index (χ4n) is 3.09. The minimum Gasteiger partial charge on any atom is -0.497 e. The molecule has 1 aliphatic heterocycles. The maximum absolute atomic E-state index is 11.4. The van der Waals surface area contributed by atoms with Crippen molar-refractivity contribution in [1.29, 1.82) is 0 Å². The predicted octanol–water partition coefficient (Wildman–Crippen LogP) is 2.62. The lowest BCUT2D eigenvalue weighted by atomic mass is 9.97. The van der Waals surface area contributed by atoms with Crippen molar-refractivity contribution in [3.63, 3.8) is 0 Å². The van der Waals surface area contributed by atoms with Gasteiger partial charge in [-0.25, -0.2) is 0 Å². The molecule has 0 aromatic heterocycles. The molecule has 4 nitrogen and oxygen atoms in total. The van der Waals surface area contributed by atoms with Gasteiger partial charge in [0.05, 0.1) is 13.2 Å². The second-order valence-electron chi connectivity index (χ2n) is 5.63. The summed E-state index contributed by atoms with van der Waals surface area (Å²) in [5, 5.41) is 2.89. The van der Waals surface area contributed by atoms with Crippen molar-refractivity contribution in [3.8, 4) is 11.5 Å². The van der Waals surface area contributed by atoms with Crippen molar-refractivity contribution in [3.05, 3.63) is 23.8 Å². The van der Waals surface area contributed by atoms with Crippen molar-refractivity contribution in [2.45, 2.75) is 44.1 Å². The van der Waals surface area contributed by atoms with Gasteiger partial charge in [0.15, 0.2) is 0 Å². The van der Waals surface area contributed by atoms with Gasteiger partial charge in [-0.2, -0.15) is 0 Å². The Kier molecular flexibility index (Phi) is 3.81. The normalized spacial score (nSPS) is 22.9. The number of carbonyl (C=O) groups is 1. The number of benzene rings is 1.